The van der Waals surface area contributed by atoms with Crippen LogP contribution in [0.3, 0.4) is 0 Å². The molecule has 81 heavy (non-hydrogen) atoms. The lowest BCUT2D eigenvalue weighted by atomic mass is 9.85. The van der Waals surface area contributed by atoms with Crippen molar-refractivity contribution in [2.75, 3.05) is 65.9 Å². The first-order valence-corrected chi connectivity index (χ1v) is 28.0. The molecule has 0 aliphatic rings. The quantitative estimate of drug-likeness (QED) is 0.0347. The van der Waals surface area contributed by atoms with Gasteiger partial charge in [0.05, 0.1) is 11.5 Å². The topological polar surface area (TPSA) is 113 Å². The van der Waals surface area contributed by atoms with Crippen molar-refractivity contribution >= 4 is 64.6 Å². The normalized spacial score (nSPS) is 15.2. The van der Waals surface area contributed by atoms with E-state index in [0.717, 1.165) is 19.5 Å². The number of hydrogen-bond acceptors (Lipinski definition) is 7. The van der Waals surface area contributed by atoms with E-state index in [-0.39, 0.29) is 13.0 Å². The van der Waals surface area contributed by atoms with Gasteiger partial charge in [0.25, 0.3) is 22.7 Å². The third-order valence-electron chi connectivity index (χ3n) is 11.0. The van der Waals surface area contributed by atoms with E-state index in [1.807, 2.05) is 4.72 Å². The second-order valence-corrected chi connectivity index (χ2v) is 25.0. The van der Waals surface area contributed by atoms with E-state index in [2.05, 4.69) is 19.0 Å². The molecule has 2 atom stereocenters. The molecule has 494 valence electrons. The second-order valence-electron chi connectivity index (χ2n) is 18.2. The van der Waals surface area contributed by atoms with Crippen LogP contribution in [0, 0.1) is 11.8 Å². The summed E-state index contributed by atoms with van der Waals surface area (Å²) < 4.78 is 407. The van der Waals surface area contributed by atoms with Crippen molar-refractivity contribution in [3.63, 3.8) is 0 Å². The summed E-state index contributed by atoms with van der Waals surface area (Å²) in [6, 6.07) is 0. The Balaban J connectivity index is -0.000000621. The van der Waals surface area contributed by atoms with Gasteiger partial charge in [-0.2, -0.15) is 105 Å². The van der Waals surface area contributed by atoms with Crippen LogP contribution in [0.2, 0.25) is 0 Å². The summed E-state index contributed by atoms with van der Waals surface area (Å²) in [5.74, 6) is -6.61. The summed E-state index contributed by atoms with van der Waals surface area (Å²) >= 11 is 14.4. The fourth-order valence-corrected chi connectivity index (χ4v) is 8.63. The summed E-state index contributed by atoms with van der Waals surface area (Å²) in [6.45, 7) is 2.14. The molecule has 0 aromatic rings. The summed E-state index contributed by atoms with van der Waals surface area (Å²) in [5, 5.41) is 0. The Morgan fingerprint density at radius 1 is 0.407 bits per heavy atom. The Hall–Kier alpha value is -1.06. The van der Waals surface area contributed by atoms with E-state index in [0.29, 0.717) is 6.54 Å². The van der Waals surface area contributed by atoms with Gasteiger partial charge in [0, 0.05) is 30.1 Å². The Kier molecular flexibility index (Phi) is 36.1. The SMILES string of the molecule is CN(C)CCCN.CN(C)CCCNS(=O)(=O)CCC(CCCCC(F)(C(F)(F)F)C(F)(F)F)CC(F)(C(F)(F)F)C(F)(F)F.ClC(Cl)Cl.O=S(=O)(Cl)CCC(CCCCC(F)(C(F)(F)F)C(F)(F)F)CC(F)(C(F)(F)F)C(F)(F)F. The minimum Gasteiger partial charge on any atom is -0.330 e. The summed E-state index contributed by atoms with van der Waals surface area (Å²) in [4.78, 5) is 3.80. The van der Waals surface area contributed by atoms with Crippen LogP contribution in [0.15, 0.2) is 0 Å². The van der Waals surface area contributed by atoms with E-state index in [1.54, 1.807) is 19.0 Å². The molecule has 8 nitrogen and oxygen atoms in total. The third kappa shape index (κ3) is 31.9. The Morgan fingerprint density at radius 2 is 0.667 bits per heavy atom. The van der Waals surface area contributed by atoms with Gasteiger partial charge in [0.1, 0.15) is 0 Å². The van der Waals surface area contributed by atoms with Crippen molar-refractivity contribution in [2.45, 2.75) is 166 Å². The highest BCUT2D eigenvalue weighted by Crippen LogP contribution is 2.54. The number of nitrogens with two attached hydrogens (primary N) is 1. The molecule has 0 rings (SSSR count). The van der Waals surface area contributed by atoms with E-state index < -0.39 is 196 Å². The minimum atomic E-state index is -6.52. The molecule has 3 N–H and O–H groups in total. The highest BCUT2D eigenvalue weighted by atomic mass is 35.7. The minimum absolute atomic E-state index is 0.170. The zero-order chi connectivity index (χ0) is 65.7. The molecule has 0 saturated heterocycles. The molecule has 0 saturated carbocycles. The van der Waals surface area contributed by atoms with Gasteiger partial charge >= 0.3 is 49.4 Å². The van der Waals surface area contributed by atoms with Gasteiger partial charge in [0.15, 0.2) is 4.30 Å². The van der Waals surface area contributed by atoms with Crippen molar-refractivity contribution in [1.82, 2.24) is 14.5 Å². The van der Waals surface area contributed by atoms with Gasteiger partial charge in [0.2, 0.25) is 19.1 Å². The fraction of sp³-hybridized carbons (Fsp3) is 1.00. The van der Waals surface area contributed by atoms with Gasteiger partial charge in [-0.1, -0.05) is 60.5 Å². The molecule has 0 heterocycles. The van der Waals surface area contributed by atoms with Crippen LogP contribution in [-0.4, -0.2) is 169 Å². The molecule has 0 spiro atoms. The average Bonchev–Trinajstić information content (AvgIpc) is 3.21. The maximum atomic E-state index is 14.2. The average molecular weight is 1380 g/mol. The predicted molar refractivity (Wildman–Crippen MR) is 244 cm³/mol. The number of hydrogen-bond donors (Lipinski definition) is 2. The maximum absolute atomic E-state index is 14.2. The monoisotopic (exact) mass is 1380 g/mol. The number of sulfonamides is 1. The Bertz CT molecular complexity index is 1910. The van der Waals surface area contributed by atoms with Crippen molar-refractivity contribution < 1.29 is 140 Å². The van der Waals surface area contributed by atoms with Crippen LogP contribution in [-0.2, 0) is 19.1 Å². The highest BCUT2D eigenvalue weighted by molar-refractivity contribution is 8.13. The van der Waals surface area contributed by atoms with Crippen molar-refractivity contribution in [1.29, 1.82) is 0 Å². The van der Waals surface area contributed by atoms with Gasteiger partial charge in [-0.25, -0.2) is 39.1 Å². The lowest BCUT2D eigenvalue weighted by molar-refractivity contribution is -0.347. The molecule has 0 amide bonds. The van der Waals surface area contributed by atoms with Crippen LogP contribution >= 0.6 is 45.5 Å². The molecule has 0 aliphatic carbocycles. The lowest BCUT2D eigenvalue weighted by Crippen LogP contribution is -2.54. The van der Waals surface area contributed by atoms with Gasteiger partial charge in [-0.3, -0.25) is 0 Å². The third-order valence-corrected chi connectivity index (χ3v) is 13.6. The van der Waals surface area contributed by atoms with E-state index in [9.17, 15) is 140 Å². The first-order valence-electron chi connectivity index (χ1n) is 22.6. The zero-order valence-corrected chi connectivity index (χ0v) is 47.0. The number of halogens is 32. The molecule has 0 radical (unpaired) electrons. The zero-order valence-electron chi connectivity index (χ0n) is 42.4. The van der Waals surface area contributed by atoms with E-state index in [1.165, 1.54) is 0 Å². The second kappa shape index (κ2) is 33.9. The van der Waals surface area contributed by atoms with Crippen LogP contribution in [0.5, 0.6) is 0 Å². The molecule has 0 aromatic heterocycles. The van der Waals surface area contributed by atoms with Crippen molar-refractivity contribution in [3.05, 3.63) is 0 Å². The predicted octanol–water partition coefficient (Wildman–Crippen LogP) is 15.5. The molecule has 0 aromatic carbocycles. The van der Waals surface area contributed by atoms with Crippen LogP contribution < -0.4 is 10.5 Å². The van der Waals surface area contributed by atoms with Crippen molar-refractivity contribution in [3.8, 4) is 0 Å². The molecule has 0 aliphatic heterocycles. The number of nitrogens with one attached hydrogen (secondary N) is 1. The maximum Gasteiger partial charge on any atom is 0.431 e. The van der Waals surface area contributed by atoms with Gasteiger partial charge in [-0.15, -0.1) is 0 Å². The smallest absolute Gasteiger partial charge is 0.330 e. The number of nitrogens with zero attached hydrogens (tertiary/aromatic N) is 2. The van der Waals surface area contributed by atoms with Crippen LogP contribution in [0.25, 0.3) is 0 Å². The number of alkyl halides is 31. The van der Waals surface area contributed by atoms with Gasteiger partial charge < -0.3 is 15.5 Å². The largest absolute Gasteiger partial charge is 0.431 e. The molecule has 0 bridgehead atoms. The van der Waals surface area contributed by atoms with E-state index >= 15 is 0 Å². The summed E-state index contributed by atoms with van der Waals surface area (Å²) in [6.07, 6.45) is -68.6. The Labute approximate surface area is 467 Å². The summed E-state index contributed by atoms with van der Waals surface area (Å²) in [7, 11) is 3.38. The molecular formula is C39H58Cl4F28N4O4S2. The number of rotatable bonds is 28. The van der Waals surface area contributed by atoms with Crippen molar-refractivity contribution in [2.24, 2.45) is 17.6 Å². The molecule has 2 unspecified atom stereocenters. The standard InChI is InChI=1S/C19H28F14N2O2S.C14H15ClF14O2S.C5H14N2.CHCl3/c1-35(2)10-5-9-34-38(36,37)11-7-13(12-15(21,18(28,29)30)19(31,32)33)6-3-4-8-14(20,16(22,23)24)17(25,26)27;15-32(30,31)6-4-8(7-10(17,13(24,25)26)14(27,28)29)3-1-2-5-9(16,11(18,19)20)12(21,22)23;1-7(2)5-3-4-6;2-1(3)4/h13,34H,3-12H2,1-2H3;8H,1-7H2;3-6H2,1-2H3;1H. The molecular weight excluding hydrogens is 1330 g/mol. The fourth-order valence-electron chi connectivity index (χ4n) is 6.50. The van der Waals surface area contributed by atoms with Gasteiger partial charge in [-0.05, 0) is 111 Å². The molecule has 42 heteroatoms. The van der Waals surface area contributed by atoms with Crippen LogP contribution in [0.4, 0.5) is 123 Å². The number of unbranched alkanes of at least 4 members (excludes halogenated alkanes) is 2. The van der Waals surface area contributed by atoms with Crippen LogP contribution in [0.1, 0.15) is 89.9 Å². The summed E-state index contributed by atoms with van der Waals surface area (Å²) in [5.41, 5.74) is -17.8. The Morgan fingerprint density at radius 3 is 0.889 bits per heavy atom. The first-order chi connectivity index (χ1) is 35.5. The van der Waals surface area contributed by atoms with E-state index in [4.69, 9.17) is 51.2 Å². The first kappa shape index (κ1) is 86.4. The molecule has 0 fully saturated rings. The lowest BCUT2D eigenvalue weighted by Gasteiger charge is -2.33. The highest BCUT2D eigenvalue weighted by Gasteiger charge is 2.75.